The zero-order chi connectivity index (χ0) is 43.6. The van der Waals surface area contributed by atoms with Crippen LogP contribution in [0, 0.1) is 33.6 Å². The van der Waals surface area contributed by atoms with Crippen molar-refractivity contribution in [3.05, 3.63) is 113 Å². The van der Waals surface area contributed by atoms with E-state index in [9.17, 15) is 24.0 Å². The summed E-state index contributed by atoms with van der Waals surface area (Å²) in [6.07, 6.45) is -0.810. The van der Waals surface area contributed by atoms with E-state index in [1.54, 1.807) is 60.6 Å². The van der Waals surface area contributed by atoms with Crippen LogP contribution in [0.5, 0.6) is 0 Å². The zero-order valence-corrected chi connectivity index (χ0v) is 36.3. The number of allylic oxidation sites excluding steroid dienone is 1. The second kappa shape index (κ2) is 21.2. The van der Waals surface area contributed by atoms with Crippen LogP contribution in [-0.4, -0.2) is 43.3 Å². The van der Waals surface area contributed by atoms with Crippen molar-refractivity contribution in [2.24, 2.45) is 5.92 Å². The minimum atomic E-state index is -0.990. The lowest BCUT2D eigenvalue weighted by molar-refractivity contribution is -0.334. The fourth-order valence-corrected chi connectivity index (χ4v) is 7.47. The number of esters is 1. The Hall–Kier alpha value is -4.85. The highest BCUT2D eigenvalue weighted by molar-refractivity contribution is 5.76. The lowest BCUT2D eigenvalue weighted by atomic mass is 9.83. The van der Waals surface area contributed by atoms with E-state index in [0.717, 1.165) is 0 Å². The quantitative estimate of drug-likeness (QED) is 0.0491. The van der Waals surface area contributed by atoms with Crippen LogP contribution >= 0.6 is 0 Å². The first kappa shape index (κ1) is 47.5. The average Bonchev–Trinajstić information content (AvgIpc) is 3.18. The van der Waals surface area contributed by atoms with Crippen molar-refractivity contribution in [2.75, 3.05) is 7.11 Å². The van der Waals surface area contributed by atoms with Crippen molar-refractivity contribution >= 4 is 17.9 Å². The molecule has 0 fully saturated rings. The molecule has 0 aliphatic heterocycles. The number of carbonyl (C=O) groups is 3. The SMILES string of the molecule is CCc1oc([C@H](C)[C@H](OOC(C)=O)[C@@H](C)[C@@H](OOC(C)=O)/C(C)=C/[C@H](C)c2oc([C@@H](C)[C@H](CC)OC(=O)[C@@H](OC)c3ccccc3)c(C)c(=O)c2C)c(C)c(=O)c1C. The molecular formula is C45H60O13. The molecule has 2 heterocycles. The molecule has 58 heavy (non-hydrogen) atoms. The molecular weight excluding hydrogens is 748 g/mol. The van der Waals surface area contributed by atoms with E-state index in [-0.39, 0.29) is 10.9 Å². The molecule has 0 saturated heterocycles. The van der Waals surface area contributed by atoms with E-state index in [2.05, 4.69) is 0 Å². The van der Waals surface area contributed by atoms with Gasteiger partial charge in [-0.25, -0.2) is 14.4 Å². The van der Waals surface area contributed by atoms with Gasteiger partial charge in [-0.1, -0.05) is 78.0 Å². The molecule has 13 nitrogen and oxygen atoms in total. The van der Waals surface area contributed by atoms with Crippen LogP contribution in [0.1, 0.15) is 143 Å². The first-order valence-electron chi connectivity index (χ1n) is 19.7. The summed E-state index contributed by atoms with van der Waals surface area (Å²) in [5.74, 6) is -2.74. The molecule has 0 amide bonds. The monoisotopic (exact) mass is 808 g/mol. The van der Waals surface area contributed by atoms with Crippen molar-refractivity contribution in [2.45, 2.75) is 145 Å². The average molecular weight is 809 g/mol. The van der Waals surface area contributed by atoms with E-state index in [4.69, 9.17) is 37.9 Å². The topological polar surface area (TPSA) is 167 Å². The largest absolute Gasteiger partial charge is 0.465 e. The van der Waals surface area contributed by atoms with Gasteiger partial charge in [0.25, 0.3) is 0 Å². The Labute approximate surface area is 340 Å². The lowest BCUT2D eigenvalue weighted by Gasteiger charge is -2.33. The number of hydrogen-bond acceptors (Lipinski definition) is 13. The normalized spacial score (nSPS) is 16.0. The molecule has 0 aliphatic carbocycles. The summed E-state index contributed by atoms with van der Waals surface area (Å²) in [7, 11) is 1.44. The molecule has 0 radical (unpaired) electrons. The Kier molecular flexibility index (Phi) is 17.4. The second-order valence-electron chi connectivity index (χ2n) is 15.0. The minimum absolute atomic E-state index is 0.167. The third kappa shape index (κ3) is 11.2. The van der Waals surface area contributed by atoms with E-state index in [1.807, 2.05) is 52.0 Å². The molecule has 0 bridgehead atoms. The predicted octanol–water partition coefficient (Wildman–Crippen LogP) is 8.42. The Bertz CT molecular complexity index is 2040. The van der Waals surface area contributed by atoms with Crippen LogP contribution in [0.4, 0.5) is 0 Å². The van der Waals surface area contributed by atoms with Crippen LogP contribution < -0.4 is 10.9 Å². The highest BCUT2D eigenvalue weighted by atomic mass is 17.2. The Morgan fingerprint density at radius 1 is 0.724 bits per heavy atom. The van der Waals surface area contributed by atoms with Crippen LogP contribution in [-0.2, 0) is 49.8 Å². The molecule has 3 rings (SSSR count). The van der Waals surface area contributed by atoms with Gasteiger partial charge in [0.05, 0.1) is 5.92 Å². The van der Waals surface area contributed by atoms with Gasteiger partial charge < -0.3 is 18.3 Å². The summed E-state index contributed by atoms with van der Waals surface area (Å²) in [6.45, 7) is 21.9. The summed E-state index contributed by atoms with van der Waals surface area (Å²) in [4.78, 5) is 86.0. The lowest BCUT2D eigenvalue weighted by Crippen LogP contribution is -2.39. The van der Waals surface area contributed by atoms with Gasteiger partial charge in [-0.15, -0.1) is 0 Å². The van der Waals surface area contributed by atoms with Crippen molar-refractivity contribution in [3.8, 4) is 0 Å². The molecule has 0 aliphatic rings. The van der Waals surface area contributed by atoms with Gasteiger partial charge in [-0.05, 0) is 52.2 Å². The highest BCUT2D eigenvalue weighted by Gasteiger charge is 2.39. The number of carbonyl (C=O) groups excluding carboxylic acids is 3. The first-order valence-corrected chi connectivity index (χ1v) is 19.7. The summed E-state index contributed by atoms with van der Waals surface area (Å²) in [6, 6.07) is 9.04. The molecule has 0 saturated carbocycles. The summed E-state index contributed by atoms with van der Waals surface area (Å²) < 4.78 is 24.3. The van der Waals surface area contributed by atoms with Crippen LogP contribution in [0.3, 0.4) is 0 Å². The second-order valence-corrected chi connectivity index (χ2v) is 15.0. The van der Waals surface area contributed by atoms with Gasteiger partial charge in [0, 0.05) is 67.4 Å². The summed E-state index contributed by atoms with van der Waals surface area (Å²) >= 11 is 0. The van der Waals surface area contributed by atoms with Crippen molar-refractivity contribution < 1.29 is 52.2 Å². The third-order valence-electron chi connectivity index (χ3n) is 10.7. The maximum absolute atomic E-state index is 13.8. The maximum atomic E-state index is 13.8. The molecule has 0 N–H and O–H groups in total. The Morgan fingerprint density at radius 2 is 1.26 bits per heavy atom. The smallest absolute Gasteiger partial charge is 0.340 e. The Morgan fingerprint density at radius 3 is 1.79 bits per heavy atom. The third-order valence-corrected chi connectivity index (χ3v) is 10.7. The highest BCUT2D eigenvalue weighted by Crippen LogP contribution is 2.36. The number of methoxy groups -OCH3 is 1. The number of benzene rings is 1. The molecule has 2 aromatic heterocycles. The summed E-state index contributed by atoms with van der Waals surface area (Å²) in [5, 5.41) is 0. The Balaban J connectivity index is 2.06. The zero-order valence-electron chi connectivity index (χ0n) is 36.3. The number of hydrogen-bond donors (Lipinski definition) is 0. The van der Waals surface area contributed by atoms with E-state index < -0.39 is 66.0 Å². The van der Waals surface area contributed by atoms with Gasteiger partial charge in [0.2, 0.25) is 0 Å². The predicted molar refractivity (Wildman–Crippen MR) is 216 cm³/mol. The van der Waals surface area contributed by atoms with Gasteiger partial charge in [0.1, 0.15) is 41.4 Å². The van der Waals surface area contributed by atoms with E-state index >= 15 is 0 Å². The molecule has 3 aromatic rings. The van der Waals surface area contributed by atoms with Crippen molar-refractivity contribution in [1.29, 1.82) is 0 Å². The molecule has 1 aromatic carbocycles. The summed E-state index contributed by atoms with van der Waals surface area (Å²) in [5.41, 5.74) is 2.52. The number of ether oxygens (including phenoxy) is 2. The van der Waals surface area contributed by atoms with Gasteiger partial charge >= 0.3 is 17.9 Å². The number of aryl methyl sites for hydroxylation is 1. The molecule has 318 valence electrons. The molecule has 0 spiro atoms. The van der Waals surface area contributed by atoms with Crippen molar-refractivity contribution in [1.82, 2.24) is 0 Å². The van der Waals surface area contributed by atoms with Gasteiger partial charge in [-0.3, -0.25) is 19.4 Å². The minimum Gasteiger partial charge on any atom is -0.465 e. The molecule has 0 unspecified atom stereocenters. The maximum Gasteiger partial charge on any atom is 0.340 e. The number of rotatable bonds is 19. The molecule has 13 heteroatoms. The fourth-order valence-electron chi connectivity index (χ4n) is 7.47. The standard InChI is InChI=1S/C45H60O13/c1-15-35-25(5)37(48)28(8)42(52-35)31(11)43(58-56-33(13)47)30(10)40(57-55-32(12)46)24(4)22-23(3)39-27(7)38(49)29(9)41(54-39)26(6)36(16-2)53-45(50)44(51-14)34-20-18-17-19-21-34/h17-23,26,30-31,36,40,43-44H,15-16H2,1-14H3/b24-22+/t23-,26-,30-,31-,36-,40-,43+,44-/m0/s1. The van der Waals surface area contributed by atoms with Gasteiger partial charge in [-0.2, -0.15) is 9.78 Å². The molecule has 8 atom stereocenters. The fraction of sp³-hybridized carbons (Fsp3) is 0.533. The van der Waals surface area contributed by atoms with Crippen molar-refractivity contribution in [3.63, 3.8) is 0 Å². The first-order chi connectivity index (χ1) is 27.3. The van der Waals surface area contributed by atoms with E-state index in [0.29, 0.717) is 69.3 Å². The van der Waals surface area contributed by atoms with E-state index in [1.165, 1.54) is 21.0 Å². The van der Waals surface area contributed by atoms with Crippen LogP contribution in [0.25, 0.3) is 0 Å². The van der Waals surface area contributed by atoms with Crippen LogP contribution in [0.15, 0.2) is 60.4 Å². The van der Waals surface area contributed by atoms with Gasteiger partial charge in [0.15, 0.2) is 17.0 Å². The van der Waals surface area contributed by atoms with Crippen LogP contribution in [0.2, 0.25) is 0 Å².